The smallest absolute Gasteiger partial charge is 0.142 e. The molecule has 3 aliphatic carbocycles. The number of ether oxygens (including phenoxy) is 3. The molecule has 0 saturated carbocycles. The molecule has 1 saturated heterocycles. The zero-order valence-electron chi connectivity index (χ0n) is 20.4. The summed E-state index contributed by atoms with van der Waals surface area (Å²) in [6.07, 6.45) is 21.2. The third-order valence-corrected chi connectivity index (χ3v) is 7.23. The summed E-state index contributed by atoms with van der Waals surface area (Å²) in [5, 5.41) is 0. The van der Waals surface area contributed by atoms with E-state index in [4.69, 9.17) is 14.2 Å². The minimum absolute atomic E-state index is 0.391. The van der Waals surface area contributed by atoms with E-state index >= 15 is 0 Å². The van der Waals surface area contributed by atoms with Crippen molar-refractivity contribution in [1.82, 2.24) is 4.90 Å². The fourth-order valence-electron chi connectivity index (χ4n) is 5.41. The van der Waals surface area contributed by atoms with E-state index in [-0.39, 0.29) is 0 Å². The van der Waals surface area contributed by atoms with Crippen LogP contribution in [0.5, 0.6) is 5.75 Å². The van der Waals surface area contributed by atoms with Gasteiger partial charge in [0.2, 0.25) is 0 Å². The Morgan fingerprint density at radius 3 is 2.68 bits per heavy atom. The van der Waals surface area contributed by atoms with Crippen LogP contribution in [0.2, 0.25) is 0 Å². The Hall–Kier alpha value is -2.56. The van der Waals surface area contributed by atoms with E-state index in [1.165, 1.54) is 16.7 Å². The second-order valence-corrected chi connectivity index (χ2v) is 9.57. The molecule has 0 spiro atoms. The van der Waals surface area contributed by atoms with Gasteiger partial charge in [-0.15, -0.1) is 0 Å². The average molecular weight is 460 g/mol. The van der Waals surface area contributed by atoms with Crippen molar-refractivity contribution in [3.63, 3.8) is 0 Å². The number of hydrogen-bond donors (Lipinski definition) is 0. The first-order chi connectivity index (χ1) is 16.8. The summed E-state index contributed by atoms with van der Waals surface area (Å²) in [5.74, 6) is 2.88. The van der Waals surface area contributed by atoms with Gasteiger partial charge in [0.05, 0.1) is 19.8 Å². The standard InChI is InChI=1S/C30H37NO3/c1-2-18-33-26-11-8-24(9-12-26)30-28(23-6-4-3-5-7-23)14-10-25-21-27(13-15-29(25)30)34-22-31-16-19-32-20-17-31/h3-6,8,11-13,15,21,23-24H,2,7,9-10,14,16-20,22H2,1H3. The number of hydrogen-bond acceptors (Lipinski definition) is 4. The Morgan fingerprint density at radius 1 is 1.00 bits per heavy atom. The number of aryl methyl sites for hydroxylation is 1. The lowest BCUT2D eigenvalue weighted by atomic mass is 9.72. The van der Waals surface area contributed by atoms with Crippen LogP contribution < -0.4 is 4.74 Å². The SMILES string of the molecule is CCCOC1=CCC(C2=C(C3C=CC=CC3)CCc3cc(OCN4CCOCC4)ccc32)C=C1. The maximum Gasteiger partial charge on any atom is 0.142 e. The predicted molar refractivity (Wildman–Crippen MR) is 138 cm³/mol. The lowest BCUT2D eigenvalue weighted by Crippen LogP contribution is -2.38. The fourth-order valence-corrected chi connectivity index (χ4v) is 5.41. The van der Waals surface area contributed by atoms with Gasteiger partial charge in [0.1, 0.15) is 18.2 Å². The molecular formula is C30H37NO3. The van der Waals surface area contributed by atoms with Gasteiger partial charge in [0.15, 0.2) is 0 Å². The molecule has 180 valence electrons. The van der Waals surface area contributed by atoms with Gasteiger partial charge in [0, 0.05) is 24.9 Å². The summed E-state index contributed by atoms with van der Waals surface area (Å²) in [6.45, 7) is 7.03. The molecule has 2 atom stereocenters. The number of benzene rings is 1. The van der Waals surface area contributed by atoms with Crippen molar-refractivity contribution < 1.29 is 14.2 Å². The minimum Gasteiger partial charge on any atom is -0.494 e. The zero-order chi connectivity index (χ0) is 23.2. The fraction of sp³-hybridized carbons (Fsp3) is 0.467. The highest BCUT2D eigenvalue weighted by Crippen LogP contribution is 2.44. The van der Waals surface area contributed by atoms with E-state index in [2.05, 4.69) is 72.6 Å². The van der Waals surface area contributed by atoms with Crippen molar-refractivity contribution in [2.24, 2.45) is 11.8 Å². The Kier molecular flexibility index (Phi) is 7.67. The van der Waals surface area contributed by atoms with E-state index in [9.17, 15) is 0 Å². The molecule has 4 heteroatoms. The van der Waals surface area contributed by atoms with Crippen molar-refractivity contribution >= 4 is 5.57 Å². The third kappa shape index (κ3) is 5.39. The molecular weight excluding hydrogens is 422 g/mol. The van der Waals surface area contributed by atoms with Gasteiger partial charge in [0.25, 0.3) is 0 Å². The molecule has 0 aromatic heterocycles. The van der Waals surface area contributed by atoms with Crippen LogP contribution in [0.4, 0.5) is 0 Å². The summed E-state index contributed by atoms with van der Waals surface area (Å²) in [5.41, 5.74) is 5.95. The van der Waals surface area contributed by atoms with Crippen molar-refractivity contribution in [2.45, 2.75) is 39.0 Å². The summed E-state index contributed by atoms with van der Waals surface area (Å²) >= 11 is 0. The molecule has 4 aliphatic rings. The molecule has 1 aromatic rings. The number of rotatable bonds is 8. The van der Waals surface area contributed by atoms with Gasteiger partial charge in [-0.3, -0.25) is 4.90 Å². The third-order valence-electron chi connectivity index (χ3n) is 7.23. The summed E-state index contributed by atoms with van der Waals surface area (Å²) in [7, 11) is 0. The monoisotopic (exact) mass is 459 g/mol. The molecule has 0 radical (unpaired) electrons. The summed E-state index contributed by atoms with van der Waals surface area (Å²) in [4.78, 5) is 2.31. The molecule has 5 rings (SSSR count). The van der Waals surface area contributed by atoms with E-state index in [1.807, 2.05) is 0 Å². The van der Waals surface area contributed by atoms with Crippen LogP contribution in [-0.2, 0) is 15.9 Å². The molecule has 0 amide bonds. The van der Waals surface area contributed by atoms with Crippen molar-refractivity contribution in [2.75, 3.05) is 39.6 Å². The van der Waals surface area contributed by atoms with Crippen LogP contribution in [0.15, 0.2) is 72.1 Å². The number of morpholine rings is 1. The van der Waals surface area contributed by atoms with E-state index < -0.39 is 0 Å². The Balaban J connectivity index is 1.39. The lowest BCUT2D eigenvalue weighted by Gasteiger charge is -2.33. The summed E-state index contributed by atoms with van der Waals surface area (Å²) < 4.78 is 17.5. The number of nitrogens with zero attached hydrogens (tertiary/aromatic N) is 1. The first-order valence-electron chi connectivity index (χ1n) is 13.0. The van der Waals surface area contributed by atoms with Crippen LogP contribution in [0.25, 0.3) is 5.57 Å². The largest absolute Gasteiger partial charge is 0.494 e. The van der Waals surface area contributed by atoms with Crippen molar-refractivity contribution in [3.05, 3.63) is 83.2 Å². The molecule has 1 aliphatic heterocycles. The van der Waals surface area contributed by atoms with E-state index in [0.29, 0.717) is 18.6 Å². The molecule has 1 heterocycles. The molecule has 2 unspecified atom stereocenters. The Bertz CT molecular complexity index is 1010. The predicted octanol–water partition coefficient (Wildman–Crippen LogP) is 6.07. The molecule has 1 fully saturated rings. The van der Waals surface area contributed by atoms with Crippen LogP contribution >= 0.6 is 0 Å². The zero-order valence-corrected chi connectivity index (χ0v) is 20.4. The minimum atomic E-state index is 0.391. The van der Waals surface area contributed by atoms with Crippen LogP contribution in [0.3, 0.4) is 0 Å². The average Bonchev–Trinajstić information content (AvgIpc) is 2.91. The number of fused-ring (bicyclic) bond motifs is 1. The quantitative estimate of drug-likeness (QED) is 0.472. The van der Waals surface area contributed by atoms with Gasteiger partial charge >= 0.3 is 0 Å². The van der Waals surface area contributed by atoms with Crippen LogP contribution in [0, 0.1) is 11.8 Å². The maximum absolute atomic E-state index is 6.18. The van der Waals surface area contributed by atoms with E-state index in [0.717, 1.165) is 76.5 Å². The lowest BCUT2D eigenvalue weighted by molar-refractivity contribution is 0.00406. The van der Waals surface area contributed by atoms with Gasteiger partial charge in [-0.25, -0.2) is 0 Å². The maximum atomic E-state index is 6.18. The Morgan fingerprint density at radius 2 is 1.91 bits per heavy atom. The first-order valence-corrected chi connectivity index (χ1v) is 13.0. The second kappa shape index (κ2) is 11.2. The van der Waals surface area contributed by atoms with Gasteiger partial charge in [-0.05, 0) is 73.1 Å². The summed E-state index contributed by atoms with van der Waals surface area (Å²) in [6, 6.07) is 6.75. The highest BCUT2D eigenvalue weighted by molar-refractivity contribution is 5.77. The number of allylic oxidation sites excluding steroid dienone is 9. The molecule has 34 heavy (non-hydrogen) atoms. The van der Waals surface area contributed by atoms with Crippen molar-refractivity contribution in [1.29, 1.82) is 0 Å². The highest BCUT2D eigenvalue weighted by Gasteiger charge is 2.28. The van der Waals surface area contributed by atoms with Gasteiger partial charge < -0.3 is 14.2 Å². The topological polar surface area (TPSA) is 30.9 Å². The van der Waals surface area contributed by atoms with Crippen LogP contribution in [-0.4, -0.2) is 44.5 Å². The van der Waals surface area contributed by atoms with Crippen molar-refractivity contribution in [3.8, 4) is 5.75 Å². The normalized spacial score (nSPS) is 24.7. The van der Waals surface area contributed by atoms with Gasteiger partial charge in [-0.1, -0.05) is 48.9 Å². The Labute approximate surface area is 204 Å². The first kappa shape index (κ1) is 23.2. The van der Waals surface area contributed by atoms with Gasteiger partial charge in [-0.2, -0.15) is 0 Å². The molecule has 0 N–H and O–H groups in total. The second-order valence-electron chi connectivity index (χ2n) is 9.57. The highest BCUT2D eigenvalue weighted by atomic mass is 16.5. The van der Waals surface area contributed by atoms with E-state index in [1.54, 1.807) is 5.57 Å². The molecule has 0 bridgehead atoms. The molecule has 4 nitrogen and oxygen atoms in total. The van der Waals surface area contributed by atoms with Crippen LogP contribution in [0.1, 0.15) is 43.7 Å². The molecule has 1 aromatic carbocycles.